The first-order chi connectivity index (χ1) is 23.6. The molecule has 0 aliphatic heterocycles. The number of fused-ring (bicyclic) bond motifs is 2. The predicted octanol–water partition coefficient (Wildman–Crippen LogP) is 5.10. The monoisotopic (exact) mass is 716 g/mol. The lowest BCUT2D eigenvalue weighted by Gasteiger charge is -2.11. The zero-order valence-electron chi connectivity index (χ0n) is 28.2. The molecule has 2 aromatic heterocycles. The minimum atomic E-state index is -3.81. The van der Waals surface area contributed by atoms with Gasteiger partial charge in [0.1, 0.15) is 5.82 Å². The number of pyridine rings is 2. The van der Waals surface area contributed by atoms with E-state index in [2.05, 4.69) is 9.44 Å². The molecular weight excluding hydrogens is 680 g/mol. The van der Waals surface area contributed by atoms with Crippen molar-refractivity contribution in [3.63, 3.8) is 0 Å². The number of hydrogen-bond donors (Lipinski definition) is 2. The molecule has 0 amide bonds. The van der Waals surface area contributed by atoms with E-state index in [0.29, 0.717) is 22.0 Å². The van der Waals surface area contributed by atoms with Crippen LogP contribution in [0.2, 0.25) is 0 Å². The van der Waals surface area contributed by atoms with E-state index in [4.69, 9.17) is 0 Å². The van der Waals surface area contributed by atoms with Crippen LogP contribution in [0.3, 0.4) is 0 Å². The first kappa shape index (κ1) is 36.3. The minimum absolute atomic E-state index is 0.0677. The Labute approximate surface area is 289 Å². The van der Waals surface area contributed by atoms with Crippen LogP contribution in [-0.2, 0) is 47.2 Å². The summed E-state index contributed by atoms with van der Waals surface area (Å²) in [6, 6.07) is 26.0. The van der Waals surface area contributed by atoms with Gasteiger partial charge in [0.05, 0.1) is 20.8 Å². The number of aromatic nitrogens is 2. The van der Waals surface area contributed by atoms with Gasteiger partial charge in [-0.3, -0.25) is 9.59 Å². The molecule has 0 saturated carbocycles. The Morgan fingerprint density at radius 3 is 1.54 bits per heavy atom. The van der Waals surface area contributed by atoms with Crippen molar-refractivity contribution >= 4 is 41.9 Å². The van der Waals surface area contributed by atoms with E-state index in [9.17, 15) is 30.8 Å². The number of nitrogens with one attached hydrogen (secondary N) is 2. The highest BCUT2D eigenvalue weighted by Gasteiger charge is 2.18. The topological polar surface area (TPSA) is 136 Å². The third-order valence-corrected chi connectivity index (χ3v) is 11.3. The van der Waals surface area contributed by atoms with E-state index < -0.39 is 25.9 Å². The van der Waals surface area contributed by atoms with E-state index in [-0.39, 0.29) is 39.6 Å². The highest BCUT2D eigenvalue weighted by atomic mass is 32.2. The van der Waals surface area contributed by atoms with E-state index in [1.807, 2.05) is 31.2 Å². The molecule has 10 nitrogen and oxygen atoms in total. The largest absolute Gasteiger partial charge is 0.311 e. The van der Waals surface area contributed by atoms with Crippen molar-refractivity contribution < 1.29 is 21.2 Å². The molecule has 0 fully saturated rings. The van der Waals surface area contributed by atoms with Crippen LogP contribution in [0.15, 0.2) is 116 Å². The highest BCUT2D eigenvalue weighted by Crippen LogP contribution is 2.22. The minimum Gasteiger partial charge on any atom is -0.311 e. The predicted molar refractivity (Wildman–Crippen MR) is 193 cm³/mol. The fraction of sp³-hybridized carbons (Fsp3) is 0.189. The van der Waals surface area contributed by atoms with Crippen LogP contribution in [0, 0.1) is 26.6 Å². The van der Waals surface area contributed by atoms with Gasteiger partial charge in [-0.15, -0.1) is 0 Å². The highest BCUT2D eigenvalue weighted by molar-refractivity contribution is 7.89. The summed E-state index contributed by atoms with van der Waals surface area (Å²) >= 11 is 0. The molecule has 6 rings (SSSR count). The number of rotatable bonds is 8. The van der Waals surface area contributed by atoms with Crippen LogP contribution in [0.4, 0.5) is 4.39 Å². The molecule has 0 atom stereocenters. The SMILES string of the molecule is Cc1cc(=O)n(C)c2ccc(S(=O)(=O)NCc3ccccc3F)cc12.Cc1ccc(CNS(=O)(=O)c2ccc3c(c2)c(C)cc(=O)n3C)cc1. The normalized spacial score (nSPS) is 11.8. The van der Waals surface area contributed by atoms with Crippen molar-refractivity contribution in [2.75, 3.05) is 0 Å². The Morgan fingerprint density at radius 1 is 0.600 bits per heavy atom. The first-order valence-electron chi connectivity index (χ1n) is 15.6. The third kappa shape index (κ3) is 7.92. The molecule has 6 aromatic rings. The van der Waals surface area contributed by atoms with Crippen LogP contribution in [0.25, 0.3) is 21.8 Å². The molecule has 0 spiro atoms. The maximum atomic E-state index is 13.6. The van der Waals surface area contributed by atoms with Crippen LogP contribution in [0.5, 0.6) is 0 Å². The Kier molecular flexibility index (Phi) is 10.5. The summed E-state index contributed by atoms with van der Waals surface area (Å²) in [6.45, 7) is 5.64. The summed E-state index contributed by atoms with van der Waals surface area (Å²) in [5.74, 6) is -0.463. The quantitative estimate of drug-likeness (QED) is 0.225. The van der Waals surface area contributed by atoms with Crippen molar-refractivity contribution in [1.29, 1.82) is 0 Å². The van der Waals surface area contributed by atoms with Gasteiger partial charge in [0.15, 0.2) is 0 Å². The molecule has 0 unspecified atom stereocenters. The van der Waals surface area contributed by atoms with Gasteiger partial charge in [0, 0.05) is 55.7 Å². The fourth-order valence-corrected chi connectivity index (χ4v) is 7.48. The Hall–Kier alpha value is -4.95. The molecule has 4 aromatic carbocycles. The summed E-state index contributed by atoms with van der Waals surface area (Å²) in [5, 5.41) is 1.43. The Bertz CT molecular complexity index is 2580. The van der Waals surface area contributed by atoms with Gasteiger partial charge >= 0.3 is 0 Å². The van der Waals surface area contributed by atoms with Gasteiger partial charge in [-0.05, 0) is 79.9 Å². The smallest absolute Gasteiger partial charge is 0.251 e. The van der Waals surface area contributed by atoms with Crippen LogP contribution < -0.4 is 20.6 Å². The number of aryl methyl sites for hydroxylation is 5. The van der Waals surface area contributed by atoms with Crippen molar-refractivity contribution in [2.45, 2.75) is 43.7 Å². The summed E-state index contributed by atoms with van der Waals surface area (Å²) in [5.41, 5.74) is 4.84. The van der Waals surface area contributed by atoms with Gasteiger partial charge < -0.3 is 9.13 Å². The number of hydrogen-bond acceptors (Lipinski definition) is 6. The summed E-state index contributed by atoms with van der Waals surface area (Å²) < 4.78 is 71.9. The molecule has 0 bridgehead atoms. The summed E-state index contributed by atoms with van der Waals surface area (Å²) in [6.07, 6.45) is 0. The number of benzene rings is 4. The van der Waals surface area contributed by atoms with E-state index in [1.165, 1.54) is 51.6 Å². The number of nitrogens with zero attached hydrogens (tertiary/aromatic N) is 2. The van der Waals surface area contributed by atoms with Gasteiger partial charge in [-0.25, -0.2) is 30.7 Å². The Morgan fingerprint density at radius 2 is 1.06 bits per heavy atom. The second-order valence-corrected chi connectivity index (χ2v) is 15.6. The fourth-order valence-electron chi connectivity index (χ4n) is 5.40. The molecule has 0 radical (unpaired) electrons. The lowest BCUT2D eigenvalue weighted by molar-refractivity contribution is 0.574. The molecule has 260 valence electrons. The molecule has 2 N–H and O–H groups in total. The zero-order chi connectivity index (χ0) is 36.4. The van der Waals surface area contributed by atoms with Gasteiger partial charge in [-0.1, -0.05) is 48.0 Å². The van der Waals surface area contributed by atoms with Crippen LogP contribution >= 0.6 is 0 Å². The van der Waals surface area contributed by atoms with E-state index >= 15 is 0 Å². The zero-order valence-corrected chi connectivity index (χ0v) is 29.8. The molecular formula is C37H37FN4O6S2. The van der Waals surface area contributed by atoms with Crippen molar-refractivity contribution in [2.24, 2.45) is 14.1 Å². The van der Waals surface area contributed by atoms with Crippen molar-refractivity contribution in [3.8, 4) is 0 Å². The van der Waals surface area contributed by atoms with Gasteiger partial charge in [0.2, 0.25) is 20.0 Å². The molecule has 13 heteroatoms. The summed E-state index contributed by atoms with van der Waals surface area (Å²) in [7, 11) is -4.14. The standard InChI is InChI=1S/C19H20N2O3S.C18H17FN2O3S/c1-13-4-6-15(7-5-13)12-20-25(23,24)16-8-9-18-17(11-16)14(2)10-19(22)21(18)3;1-12-9-18(22)21(2)17-8-7-14(10-15(12)17)25(23,24)20-11-13-5-3-4-6-16(13)19/h4-11,20H,12H2,1-3H3;3-10,20H,11H2,1-2H3. The molecule has 0 aliphatic rings. The second kappa shape index (κ2) is 14.5. The molecule has 0 aliphatic carbocycles. The average molecular weight is 717 g/mol. The lowest BCUT2D eigenvalue weighted by atomic mass is 10.1. The van der Waals surface area contributed by atoms with Crippen LogP contribution in [-0.4, -0.2) is 26.0 Å². The number of halogens is 1. The molecule has 2 heterocycles. The van der Waals surface area contributed by atoms with Crippen molar-refractivity contribution in [1.82, 2.24) is 18.6 Å². The van der Waals surface area contributed by atoms with E-state index in [1.54, 1.807) is 58.3 Å². The lowest BCUT2D eigenvalue weighted by Crippen LogP contribution is -2.24. The summed E-state index contributed by atoms with van der Waals surface area (Å²) in [4.78, 5) is 23.9. The van der Waals surface area contributed by atoms with E-state index in [0.717, 1.165) is 22.1 Å². The van der Waals surface area contributed by atoms with Gasteiger partial charge in [0.25, 0.3) is 11.1 Å². The molecule has 0 saturated heterocycles. The van der Waals surface area contributed by atoms with Crippen molar-refractivity contribution in [3.05, 3.63) is 151 Å². The first-order valence-corrected chi connectivity index (χ1v) is 18.5. The third-order valence-electron chi connectivity index (χ3n) is 8.47. The average Bonchev–Trinajstić information content (AvgIpc) is 3.09. The van der Waals surface area contributed by atoms with Gasteiger partial charge in [-0.2, -0.15) is 0 Å². The Balaban J connectivity index is 0.000000194. The van der Waals surface area contributed by atoms with Crippen LogP contribution in [0.1, 0.15) is 27.8 Å². The maximum Gasteiger partial charge on any atom is 0.251 e. The molecule has 50 heavy (non-hydrogen) atoms. The second-order valence-electron chi connectivity index (χ2n) is 12.0. The maximum absolute atomic E-state index is 13.6. The number of sulfonamides is 2.